The number of para-hydroxylation sites is 1. The number of hydrogen-bond donors (Lipinski definition) is 0. The Kier molecular flexibility index (Phi) is 5.45. The highest BCUT2D eigenvalue weighted by atomic mass is 19.4. The number of allylic oxidation sites excluding steroid dienone is 1. The van der Waals surface area contributed by atoms with Crippen LogP contribution >= 0.6 is 0 Å². The standard InChI is InChI=1S/C32H28F3NO/c1-17(2)13-23-24-16-20(9-11-32(33,34)35)15-21-10-12-36-30(28(21)24)29(23)27-19(4)18(3)14-25-22-7-5-6-8-26(22)37-31(25)27/h5-8,10,12,14-17H,9,11,13H2,1-4H3. The molecule has 1 aliphatic rings. The Labute approximate surface area is 213 Å². The van der Waals surface area contributed by atoms with Crippen LogP contribution in [0.1, 0.15) is 60.2 Å². The zero-order chi connectivity index (χ0) is 26.1. The quantitative estimate of drug-likeness (QED) is 0.241. The monoisotopic (exact) mass is 499 g/mol. The molecule has 5 aromatic rings. The summed E-state index contributed by atoms with van der Waals surface area (Å²) in [7, 11) is 0. The van der Waals surface area contributed by atoms with Gasteiger partial charge in [0, 0.05) is 39.9 Å². The van der Waals surface area contributed by atoms with Gasteiger partial charge in [-0.2, -0.15) is 13.2 Å². The largest absolute Gasteiger partial charge is 0.455 e. The molecular formula is C32H28F3NO. The molecule has 0 aliphatic heterocycles. The van der Waals surface area contributed by atoms with E-state index in [1.54, 1.807) is 6.20 Å². The lowest BCUT2D eigenvalue weighted by Gasteiger charge is -2.16. The van der Waals surface area contributed by atoms with Gasteiger partial charge in [0.05, 0.1) is 5.69 Å². The van der Waals surface area contributed by atoms with Crippen molar-refractivity contribution in [2.24, 2.45) is 5.92 Å². The van der Waals surface area contributed by atoms with Crippen molar-refractivity contribution < 1.29 is 17.6 Å². The number of alkyl halides is 3. The maximum absolute atomic E-state index is 13.1. The van der Waals surface area contributed by atoms with Gasteiger partial charge in [-0.05, 0) is 84.0 Å². The third-order valence-electron chi connectivity index (χ3n) is 7.53. The summed E-state index contributed by atoms with van der Waals surface area (Å²) in [5, 5.41) is 4.10. The number of hydrogen-bond acceptors (Lipinski definition) is 2. The van der Waals surface area contributed by atoms with Crippen molar-refractivity contribution in [1.82, 2.24) is 4.98 Å². The van der Waals surface area contributed by atoms with E-state index in [1.165, 1.54) is 5.56 Å². The summed E-state index contributed by atoms with van der Waals surface area (Å²) >= 11 is 0. The van der Waals surface area contributed by atoms with Crippen molar-refractivity contribution in [2.45, 2.75) is 53.1 Å². The number of furan rings is 1. The van der Waals surface area contributed by atoms with Crippen LogP contribution in [-0.2, 0) is 6.42 Å². The first-order chi connectivity index (χ1) is 17.6. The molecule has 0 amide bonds. The maximum atomic E-state index is 13.1. The summed E-state index contributed by atoms with van der Waals surface area (Å²) in [5.41, 5.74) is 9.80. The molecule has 2 nitrogen and oxygen atoms in total. The summed E-state index contributed by atoms with van der Waals surface area (Å²) < 4.78 is 45.7. The van der Waals surface area contributed by atoms with E-state index in [0.29, 0.717) is 11.5 Å². The molecule has 3 aromatic carbocycles. The normalized spacial score (nSPS) is 13.7. The lowest BCUT2D eigenvalue weighted by atomic mass is 9.88. The second kappa shape index (κ2) is 8.47. The van der Waals surface area contributed by atoms with Gasteiger partial charge in [0.15, 0.2) is 0 Å². The smallest absolute Gasteiger partial charge is 0.389 e. The Hall–Kier alpha value is -3.60. The molecule has 0 fully saturated rings. The minimum atomic E-state index is -4.19. The summed E-state index contributed by atoms with van der Waals surface area (Å²) in [6.45, 7) is 8.58. The molecule has 0 spiro atoms. The molecule has 1 aliphatic carbocycles. The van der Waals surface area contributed by atoms with Crippen molar-refractivity contribution in [2.75, 3.05) is 0 Å². The average molecular weight is 500 g/mol. The highest BCUT2D eigenvalue weighted by molar-refractivity contribution is 6.20. The maximum Gasteiger partial charge on any atom is 0.389 e. The Balaban J connectivity index is 1.68. The van der Waals surface area contributed by atoms with E-state index in [9.17, 15) is 13.2 Å². The molecule has 0 bridgehead atoms. The number of aromatic nitrogens is 1. The van der Waals surface area contributed by atoms with Crippen LogP contribution in [0.4, 0.5) is 13.2 Å². The lowest BCUT2D eigenvalue weighted by Crippen LogP contribution is -2.08. The van der Waals surface area contributed by atoms with Crippen molar-refractivity contribution in [3.63, 3.8) is 0 Å². The molecule has 2 heterocycles. The van der Waals surface area contributed by atoms with E-state index in [1.807, 2.05) is 36.4 Å². The molecular weight excluding hydrogens is 471 g/mol. The number of nitrogens with zero attached hydrogens (tertiary/aromatic N) is 1. The van der Waals surface area contributed by atoms with E-state index < -0.39 is 12.6 Å². The topological polar surface area (TPSA) is 26.0 Å². The minimum Gasteiger partial charge on any atom is -0.455 e. The fraction of sp³-hybridized carbons (Fsp3) is 0.281. The zero-order valence-corrected chi connectivity index (χ0v) is 21.4. The van der Waals surface area contributed by atoms with E-state index in [0.717, 1.165) is 72.7 Å². The molecule has 188 valence electrons. The van der Waals surface area contributed by atoms with Crippen LogP contribution in [0.15, 0.2) is 59.1 Å². The number of pyridine rings is 1. The number of rotatable bonds is 5. The highest BCUT2D eigenvalue weighted by Gasteiger charge is 2.32. The van der Waals surface area contributed by atoms with Crippen molar-refractivity contribution >= 4 is 43.9 Å². The van der Waals surface area contributed by atoms with E-state index >= 15 is 0 Å². The van der Waals surface area contributed by atoms with Crippen molar-refractivity contribution in [3.05, 3.63) is 88.2 Å². The fourth-order valence-electron chi connectivity index (χ4n) is 5.79. The Morgan fingerprint density at radius 3 is 2.51 bits per heavy atom. The molecule has 6 rings (SSSR count). The van der Waals surface area contributed by atoms with E-state index in [2.05, 4.69) is 39.8 Å². The van der Waals surface area contributed by atoms with Crippen LogP contribution in [0.2, 0.25) is 0 Å². The zero-order valence-electron chi connectivity index (χ0n) is 21.4. The third kappa shape index (κ3) is 3.92. The molecule has 37 heavy (non-hydrogen) atoms. The van der Waals surface area contributed by atoms with Crippen molar-refractivity contribution in [3.8, 4) is 0 Å². The van der Waals surface area contributed by atoms with Gasteiger partial charge in [0.1, 0.15) is 11.2 Å². The van der Waals surface area contributed by atoms with E-state index in [-0.39, 0.29) is 6.42 Å². The molecule has 0 atom stereocenters. The average Bonchev–Trinajstić information content (AvgIpc) is 3.35. The summed E-state index contributed by atoms with van der Waals surface area (Å²) in [5.74, 6) is 0.351. The van der Waals surface area contributed by atoms with Crippen LogP contribution in [-0.4, -0.2) is 11.2 Å². The second-order valence-corrected chi connectivity index (χ2v) is 10.6. The number of halogens is 3. The van der Waals surface area contributed by atoms with Gasteiger partial charge in [0.25, 0.3) is 0 Å². The third-order valence-corrected chi connectivity index (χ3v) is 7.53. The van der Waals surface area contributed by atoms with Gasteiger partial charge in [-0.15, -0.1) is 0 Å². The number of benzene rings is 3. The second-order valence-electron chi connectivity index (χ2n) is 10.6. The van der Waals surface area contributed by atoms with Gasteiger partial charge in [-0.25, -0.2) is 0 Å². The van der Waals surface area contributed by atoms with Gasteiger partial charge >= 0.3 is 6.18 Å². The molecule has 0 saturated heterocycles. The summed E-state index contributed by atoms with van der Waals surface area (Å²) in [6.07, 6.45) is -2.49. The Morgan fingerprint density at radius 2 is 1.76 bits per heavy atom. The summed E-state index contributed by atoms with van der Waals surface area (Å²) in [6, 6.07) is 16.0. The fourth-order valence-corrected chi connectivity index (χ4v) is 5.79. The molecule has 0 unspecified atom stereocenters. The Morgan fingerprint density at radius 1 is 0.973 bits per heavy atom. The van der Waals surface area contributed by atoms with Crippen LogP contribution in [0.5, 0.6) is 0 Å². The van der Waals surface area contributed by atoms with Crippen LogP contribution < -0.4 is 0 Å². The molecule has 2 aromatic heterocycles. The molecule has 0 radical (unpaired) electrons. The predicted octanol–water partition coefficient (Wildman–Crippen LogP) is 9.56. The van der Waals surface area contributed by atoms with E-state index in [4.69, 9.17) is 9.40 Å². The number of aryl methyl sites for hydroxylation is 2. The van der Waals surface area contributed by atoms with Gasteiger partial charge < -0.3 is 4.42 Å². The van der Waals surface area contributed by atoms with Crippen molar-refractivity contribution in [1.29, 1.82) is 0 Å². The van der Waals surface area contributed by atoms with Gasteiger partial charge in [-0.1, -0.05) is 44.2 Å². The van der Waals surface area contributed by atoms with Gasteiger partial charge in [0.2, 0.25) is 0 Å². The lowest BCUT2D eigenvalue weighted by molar-refractivity contribution is -0.133. The first kappa shape index (κ1) is 23.8. The minimum absolute atomic E-state index is 0.0360. The van der Waals surface area contributed by atoms with Crippen LogP contribution in [0.3, 0.4) is 0 Å². The molecule has 5 heteroatoms. The SMILES string of the molecule is Cc1cc2c(oc3ccccc32)c(C2=C(CC(C)C)c3cc(CCC(F)(F)F)cc4ccnc2c34)c1C. The van der Waals surface area contributed by atoms with Crippen LogP contribution in [0, 0.1) is 19.8 Å². The summed E-state index contributed by atoms with van der Waals surface area (Å²) in [4.78, 5) is 4.86. The molecule has 0 N–H and O–H groups in total. The van der Waals surface area contributed by atoms with Gasteiger partial charge in [-0.3, -0.25) is 4.98 Å². The van der Waals surface area contributed by atoms with Crippen LogP contribution in [0.25, 0.3) is 43.9 Å². The number of fused-ring (bicyclic) bond motifs is 3. The predicted molar refractivity (Wildman–Crippen MR) is 145 cm³/mol. The first-order valence-electron chi connectivity index (χ1n) is 12.8. The molecule has 0 saturated carbocycles. The highest BCUT2D eigenvalue weighted by Crippen LogP contribution is 2.50. The Bertz CT molecular complexity index is 1740. The first-order valence-corrected chi connectivity index (χ1v) is 12.8.